The molecule has 1 amide bonds. The summed E-state index contributed by atoms with van der Waals surface area (Å²) in [5.74, 6) is -1.64. The summed E-state index contributed by atoms with van der Waals surface area (Å²) in [4.78, 5) is 22.8. The fourth-order valence-corrected chi connectivity index (χ4v) is 1.69. The first-order chi connectivity index (χ1) is 9.45. The Hall–Kier alpha value is -1.53. The molecule has 0 radical (unpaired) electrons. The molecule has 0 heterocycles. The lowest BCUT2D eigenvalue weighted by atomic mass is 10.2. The molecule has 0 aliphatic heterocycles. The first-order valence-electron chi connectivity index (χ1n) is 5.88. The van der Waals surface area contributed by atoms with E-state index in [1.54, 1.807) is 31.2 Å². The molecule has 1 atom stereocenters. The summed E-state index contributed by atoms with van der Waals surface area (Å²) in [5, 5.41) is 14.1. The molecule has 1 aromatic carbocycles. The van der Waals surface area contributed by atoms with Gasteiger partial charge in [0.05, 0.1) is 6.21 Å². The van der Waals surface area contributed by atoms with Crippen LogP contribution in [0.4, 0.5) is 0 Å². The molecule has 0 aromatic heterocycles. The molecule has 0 spiro atoms. The van der Waals surface area contributed by atoms with E-state index >= 15 is 0 Å². The fraction of sp³-hybridized carbons (Fsp3) is 0.308. The van der Waals surface area contributed by atoms with E-state index in [9.17, 15) is 9.59 Å². The molecule has 0 unspecified atom stereocenters. The molecule has 1 rings (SSSR count). The average Bonchev–Trinajstić information content (AvgIpc) is 2.42. The van der Waals surface area contributed by atoms with Crippen molar-refractivity contribution < 1.29 is 14.7 Å². The van der Waals surface area contributed by atoms with Gasteiger partial charge in [0.2, 0.25) is 5.91 Å². The van der Waals surface area contributed by atoms with Gasteiger partial charge in [-0.3, -0.25) is 9.59 Å². The number of nitrogens with zero attached hydrogens (tertiary/aromatic N) is 2. The number of hydrazone groups is 1. The number of halogens is 1. The van der Waals surface area contributed by atoms with Gasteiger partial charge in [0.1, 0.15) is 6.54 Å². The predicted octanol–water partition coefficient (Wildman–Crippen LogP) is 2.15. The summed E-state index contributed by atoms with van der Waals surface area (Å²) >= 11 is 9.99. The number of aliphatic carboxylic acids is 1. The monoisotopic (exact) mass is 314 g/mol. The number of carbonyl (C=O) groups is 2. The van der Waals surface area contributed by atoms with Crippen molar-refractivity contribution in [1.29, 1.82) is 0 Å². The third-order valence-corrected chi connectivity index (χ3v) is 3.37. The zero-order valence-electron chi connectivity index (χ0n) is 10.9. The van der Waals surface area contributed by atoms with E-state index in [1.807, 2.05) is 0 Å². The summed E-state index contributed by atoms with van der Waals surface area (Å²) < 4.78 is 0. The smallest absolute Gasteiger partial charge is 0.325 e. The maximum atomic E-state index is 12.0. The highest BCUT2D eigenvalue weighted by atomic mass is 35.5. The van der Waals surface area contributed by atoms with Gasteiger partial charge in [-0.05, 0) is 6.07 Å². The zero-order chi connectivity index (χ0) is 15.1. The normalized spacial score (nSPS) is 12.3. The Labute approximate surface area is 127 Å². The van der Waals surface area contributed by atoms with Crippen molar-refractivity contribution in [2.45, 2.75) is 6.92 Å². The molecule has 0 saturated heterocycles. The summed E-state index contributed by atoms with van der Waals surface area (Å²) in [7, 11) is 0. The number of hydrogen-bond donors (Lipinski definition) is 2. The Morgan fingerprint density at radius 3 is 2.70 bits per heavy atom. The van der Waals surface area contributed by atoms with E-state index in [1.165, 1.54) is 6.21 Å². The summed E-state index contributed by atoms with van der Waals surface area (Å²) in [6.45, 7) is 1.16. The Morgan fingerprint density at radius 1 is 1.50 bits per heavy atom. The number of benzene rings is 1. The molecule has 1 N–H and O–H groups in total. The highest BCUT2D eigenvalue weighted by Crippen LogP contribution is 2.13. The van der Waals surface area contributed by atoms with Gasteiger partial charge in [-0.25, -0.2) is 5.01 Å². The van der Waals surface area contributed by atoms with Crippen molar-refractivity contribution in [3.05, 3.63) is 34.9 Å². The van der Waals surface area contributed by atoms with Gasteiger partial charge in [-0.15, -0.1) is 0 Å². The van der Waals surface area contributed by atoms with E-state index in [-0.39, 0.29) is 0 Å². The number of carboxylic acids is 1. The third kappa shape index (κ3) is 4.86. The maximum Gasteiger partial charge on any atom is 0.325 e. The molecule has 5 nitrogen and oxygen atoms in total. The Bertz CT molecular complexity index is 522. The second kappa shape index (κ2) is 7.91. The molecule has 0 aliphatic rings. The van der Waals surface area contributed by atoms with Crippen molar-refractivity contribution in [2.75, 3.05) is 12.3 Å². The molecular weight excluding hydrogens is 300 g/mol. The van der Waals surface area contributed by atoms with Crippen LogP contribution in [0.1, 0.15) is 12.5 Å². The highest BCUT2D eigenvalue weighted by Gasteiger charge is 2.21. The second-order valence-corrected chi connectivity index (χ2v) is 4.91. The molecule has 20 heavy (non-hydrogen) atoms. The molecule has 7 heteroatoms. The molecule has 0 saturated carbocycles. The van der Waals surface area contributed by atoms with Crippen LogP contribution in [0.15, 0.2) is 29.4 Å². The Kier molecular flexibility index (Phi) is 6.54. The van der Waals surface area contributed by atoms with Crippen molar-refractivity contribution in [3.8, 4) is 0 Å². The minimum Gasteiger partial charge on any atom is -0.480 e. The Morgan fingerprint density at radius 2 is 2.15 bits per heavy atom. The van der Waals surface area contributed by atoms with Crippen LogP contribution in [0, 0.1) is 5.92 Å². The van der Waals surface area contributed by atoms with Gasteiger partial charge in [-0.1, -0.05) is 36.7 Å². The van der Waals surface area contributed by atoms with Crippen LogP contribution in [0.3, 0.4) is 0 Å². The summed E-state index contributed by atoms with van der Waals surface area (Å²) in [6.07, 6.45) is 1.37. The number of amides is 1. The van der Waals surface area contributed by atoms with E-state index in [0.29, 0.717) is 16.3 Å². The van der Waals surface area contributed by atoms with Gasteiger partial charge in [0.15, 0.2) is 0 Å². The lowest BCUT2D eigenvalue weighted by Gasteiger charge is -2.18. The van der Waals surface area contributed by atoms with E-state index in [4.69, 9.17) is 16.7 Å². The van der Waals surface area contributed by atoms with Gasteiger partial charge in [-0.2, -0.15) is 17.7 Å². The molecule has 0 aliphatic carbocycles. The molecular formula is C13H15ClN2O3S. The van der Waals surface area contributed by atoms with Crippen molar-refractivity contribution in [2.24, 2.45) is 11.0 Å². The zero-order valence-corrected chi connectivity index (χ0v) is 12.5. The van der Waals surface area contributed by atoms with E-state index in [0.717, 1.165) is 5.01 Å². The molecule has 0 fully saturated rings. The van der Waals surface area contributed by atoms with E-state index in [2.05, 4.69) is 17.7 Å². The van der Waals surface area contributed by atoms with Gasteiger partial charge < -0.3 is 5.11 Å². The van der Waals surface area contributed by atoms with Gasteiger partial charge >= 0.3 is 5.97 Å². The van der Waals surface area contributed by atoms with Crippen LogP contribution in [0.2, 0.25) is 5.02 Å². The molecule has 108 valence electrons. The summed E-state index contributed by atoms with van der Waals surface area (Å²) in [5.41, 5.74) is 0.607. The third-order valence-electron chi connectivity index (χ3n) is 2.48. The van der Waals surface area contributed by atoms with Crippen LogP contribution >= 0.6 is 24.2 Å². The number of thiol groups is 1. The summed E-state index contributed by atoms with van der Waals surface area (Å²) in [6, 6.07) is 6.94. The fourth-order valence-electron chi connectivity index (χ4n) is 1.35. The van der Waals surface area contributed by atoms with Crippen LogP contribution in [-0.2, 0) is 9.59 Å². The molecule has 1 aromatic rings. The molecule has 0 bridgehead atoms. The number of carboxylic acid groups (broad SMARTS) is 1. The van der Waals surface area contributed by atoms with Crippen LogP contribution in [-0.4, -0.2) is 40.5 Å². The van der Waals surface area contributed by atoms with Crippen LogP contribution in [0.5, 0.6) is 0 Å². The largest absolute Gasteiger partial charge is 0.480 e. The van der Waals surface area contributed by atoms with Crippen molar-refractivity contribution in [3.63, 3.8) is 0 Å². The van der Waals surface area contributed by atoms with Gasteiger partial charge in [0.25, 0.3) is 0 Å². The number of rotatable bonds is 6. The SMILES string of the molecule is C[C@H](CS)C(=O)N(CC(=O)O)/N=C/c1ccccc1Cl. The lowest BCUT2D eigenvalue weighted by molar-refractivity contribution is -0.145. The lowest BCUT2D eigenvalue weighted by Crippen LogP contribution is -2.35. The van der Waals surface area contributed by atoms with Crippen LogP contribution < -0.4 is 0 Å². The second-order valence-electron chi connectivity index (χ2n) is 4.14. The quantitative estimate of drug-likeness (QED) is 0.480. The Balaban J connectivity index is 2.92. The maximum absolute atomic E-state index is 12.0. The first-order valence-corrected chi connectivity index (χ1v) is 6.89. The van der Waals surface area contributed by atoms with Crippen molar-refractivity contribution in [1.82, 2.24) is 5.01 Å². The van der Waals surface area contributed by atoms with Gasteiger partial charge in [0, 0.05) is 22.3 Å². The minimum absolute atomic E-state index is 0.316. The average molecular weight is 315 g/mol. The minimum atomic E-state index is -1.14. The highest BCUT2D eigenvalue weighted by molar-refractivity contribution is 7.80. The number of carbonyl (C=O) groups excluding carboxylic acids is 1. The van der Waals surface area contributed by atoms with Crippen molar-refractivity contribution >= 4 is 42.3 Å². The first kappa shape index (κ1) is 16.5. The predicted molar refractivity (Wildman–Crippen MR) is 81.4 cm³/mol. The standard InChI is InChI=1S/C13H15ClN2O3S/c1-9(8-20)13(19)16(7-12(17)18)15-6-10-4-2-3-5-11(10)14/h2-6,9,20H,7-8H2,1H3,(H,17,18)/b15-6+/t9-/m1/s1. The van der Waals surface area contributed by atoms with E-state index < -0.39 is 24.3 Å². The van der Waals surface area contributed by atoms with Crippen LogP contribution in [0.25, 0.3) is 0 Å². The topological polar surface area (TPSA) is 70.0 Å². The number of hydrogen-bond acceptors (Lipinski definition) is 4.